The van der Waals surface area contributed by atoms with Crippen molar-refractivity contribution in [1.82, 2.24) is 15.6 Å². The second-order valence-electron chi connectivity index (χ2n) is 6.87. The first-order valence-electron chi connectivity index (χ1n) is 9.36. The number of rotatable bonds is 5. The summed E-state index contributed by atoms with van der Waals surface area (Å²) in [5.41, 5.74) is 3.13. The molecule has 1 aliphatic rings. The van der Waals surface area contributed by atoms with Crippen molar-refractivity contribution in [2.45, 2.75) is 25.4 Å². The molecule has 1 aliphatic heterocycles. The molecule has 2 heterocycles. The van der Waals surface area contributed by atoms with Crippen LogP contribution >= 0.6 is 11.3 Å². The summed E-state index contributed by atoms with van der Waals surface area (Å²) in [7, 11) is 0. The highest BCUT2D eigenvalue weighted by atomic mass is 32.1. The molecule has 1 amide bonds. The number of carbonyl (C=O) groups excluding carboxylic acids is 1. The zero-order chi connectivity index (χ0) is 19.3. The third kappa shape index (κ3) is 4.37. The van der Waals surface area contributed by atoms with Crippen LogP contribution in [0.5, 0.6) is 0 Å². The van der Waals surface area contributed by atoms with Crippen molar-refractivity contribution >= 4 is 32.6 Å². The predicted molar refractivity (Wildman–Crippen MR) is 111 cm³/mol. The Labute approximate surface area is 167 Å². The van der Waals surface area contributed by atoms with Gasteiger partial charge in [-0.05, 0) is 61.8 Å². The van der Waals surface area contributed by atoms with Gasteiger partial charge in [-0.15, -0.1) is 0 Å². The van der Waals surface area contributed by atoms with E-state index in [1.807, 2.05) is 24.3 Å². The van der Waals surface area contributed by atoms with E-state index in [0.29, 0.717) is 22.3 Å². The molecule has 0 saturated carbocycles. The highest BCUT2D eigenvalue weighted by molar-refractivity contribution is 7.22. The van der Waals surface area contributed by atoms with Gasteiger partial charge in [0, 0.05) is 18.2 Å². The van der Waals surface area contributed by atoms with E-state index < -0.39 is 0 Å². The van der Waals surface area contributed by atoms with Gasteiger partial charge in [0.05, 0.1) is 21.8 Å². The van der Waals surface area contributed by atoms with Crippen LogP contribution in [0.4, 0.5) is 5.13 Å². The molecule has 0 unspecified atom stereocenters. The van der Waals surface area contributed by atoms with E-state index >= 15 is 0 Å². The first-order valence-corrected chi connectivity index (χ1v) is 10.2. The van der Waals surface area contributed by atoms with E-state index in [4.69, 9.17) is 5.26 Å². The van der Waals surface area contributed by atoms with E-state index in [9.17, 15) is 4.79 Å². The van der Waals surface area contributed by atoms with Gasteiger partial charge in [-0.1, -0.05) is 23.5 Å². The fraction of sp³-hybridized carbons (Fsp3) is 0.286. The number of benzene rings is 2. The second-order valence-corrected chi connectivity index (χ2v) is 7.90. The monoisotopic (exact) mass is 391 g/mol. The maximum absolute atomic E-state index is 12.5. The lowest BCUT2D eigenvalue weighted by molar-refractivity contribution is 0.102. The fourth-order valence-electron chi connectivity index (χ4n) is 3.28. The lowest BCUT2D eigenvalue weighted by atomic mass is 10.1. The Morgan fingerprint density at radius 3 is 2.75 bits per heavy atom. The van der Waals surface area contributed by atoms with Gasteiger partial charge in [0.2, 0.25) is 0 Å². The predicted octanol–water partition coefficient (Wildman–Crippen LogP) is 3.26. The van der Waals surface area contributed by atoms with E-state index in [1.54, 1.807) is 18.2 Å². The van der Waals surface area contributed by atoms with Crippen LogP contribution in [0, 0.1) is 11.3 Å². The minimum Gasteiger partial charge on any atom is -0.317 e. The maximum Gasteiger partial charge on any atom is 0.257 e. The molecule has 0 spiro atoms. The van der Waals surface area contributed by atoms with Gasteiger partial charge in [-0.2, -0.15) is 5.26 Å². The summed E-state index contributed by atoms with van der Waals surface area (Å²) >= 11 is 1.37. The number of amides is 1. The molecule has 3 aromatic rings. The van der Waals surface area contributed by atoms with Crippen LogP contribution in [0.25, 0.3) is 10.2 Å². The van der Waals surface area contributed by atoms with Crippen LogP contribution in [0.3, 0.4) is 0 Å². The van der Waals surface area contributed by atoms with Crippen molar-refractivity contribution < 1.29 is 4.79 Å². The van der Waals surface area contributed by atoms with Gasteiger partial charge in [0.1, 0.15) is 0 Å². The molecule has 0 aliphatic carbocycles. The minimum atomic E-state index is -0.183. The maximum atomic E-state index is 12.5. The highest BCUT2D eigenvalue weighted by Crippen LogP contribution is 2.27. The van der Waals surface area contributed by atoms with Gasteiger partial charge in [0.15, 0.2) is 5.13 Å². The van der Waals surface area contributed by atoms with Crippen LogP contribution < -0.4 is 16.0 Å². The molecule has 2 aromatic carbocycles. The number of aromatic nitrogens is 1. The number of fused-ring (bicyclic) bond motifs is 1. The Bertz CT molecular complexity index is 1020. The second kappa shape index (κ2) is 8.48. The Kier molecular flexibility index (Phi) is 5.63. The van der Waals surface area contributed by atoms with E-state index in [2.05, 4.69) is 27.0 Å². The van der Waals surface area contributed by atoms with Gasteiger partial charge in [-0.25, -0.2) is 4.98 Å². The Hall–Kier alpha value is -2.79. The molecular weight excluding hydrogens is 370 g/mol. The fourth-order valence-corrected chi connectivity index (χ4v) is 4.18. The van der Waals surface area contributed by atoms with Crippen LogP contribution in [-0.2, 0) is 6.54 Å². The van der Waals surface area contributed by atoms with Crippen molar-refractivity contribution in [3.05, 3.63) is 59.2 Å². The summed E-state index contributed by atoms with van der Waals surface area (Å²) in [6.45, 7) is 2.95. The number of nitrogens with zero attached hydrogens (tertiary/aromatic N) is 2. The van der Waals surface area contributed by atoms with Crippen LogP contribution in [0.1, 0.15) is 34.3 Å². The lowest BCUT2D eigenvalue weighted by Gasteiger charge is -2.23. The van der Waals surface area contributed by atoms with Crippen molar-refractivity contribution in [2.75, 3.05) is 18.4 Å². The summed E-state index contributed by atoms with van der Waals surface area (Å²) in [6.07, 6.45) is 2.30. The van der Waals surface area contributed by atoms with Crippen LogP contribution in [-0.4, -0.2) is 30.0 Å². The van der Waals surface area contributed by atoms with Crippen molar-refractivity contribution in [3.63, 3.8) is 0 Å². The number of anilines is 1. The van der Waals surface area contributed by atoms with Crippen molar-refractivity contribution in [3.8, 4) is 6.07 Å². The quantitative estimate of drug-likeness (QED) is 0.621. The number of nitrogens with one attached hydrogen (secondary N) is 3. The Morgan fingerprint density at radius 1 is 1.21 bits per heavy atom. The molecule has 1 fully saturated rings. The van der Waals surface area contributed by atoms with E-state index in [-0.39, 0.29) is 5.91 Å². The number of carbonyl (C=O) groups is 1. The van der Waals surface area contributed by atoms with Crippen molar-refractivity contribution in [2.24, 2.45) is 0 Å². The Morgan fingerprint density at radius 2 is 2.00 bits per heavy atom. The molecule has 3 N–H and O–H groups in total. The number of thiazole rings is 1. The highest BCUT2D eigenvalue weighted by Gasteiger charge is 2.13. The smallest absolute Gasteiger partial charge is 0.257 e. The number of piperidine rings is 1. The van der Waals surface area contributed by atoms with Gasteiger partial charge < -0.3 is 10.6 Å². The molecule has 0 radical (unpaired) electrons. The average molecular weight is 392 g/mol. The van der Waals surface area contributed by atoms with Gasteiger partial charge >= 0.3 is 0 Å². The first-order chi connectivity index (χ1) is 13.7. The number of hydrogen-bond acceptors (Lipinski definition) is 6. The molecule has 1 aromatic heterocycles. The molecule has 142 valence electrons. The van der Waals surface area contributed by atoms with E-state index in [0.717, 1.165) is 42.7 Å². The zero-order valence-corrected chi connectivity index (χ0v) is 16.2. The number of nitriles is 1. The third-order valence-electron chi connectivity index (χ3n) is 4.89. The largest absolute Gasteiger partial charge is 0.317 e. The van der Waals surface area contributed by atoms with Gasteiger partial charge in [-0.3, -0.25) is 10.1 Å². The molecule has 7 heteroatoms. The first kappa shape index (κ1) is 18.6. The zero-order valence-electron chi connectivity index (χ0n) is 15.4. The summed E-state index contributed by atoms with van der Waals surface area (Å²) in [6, 6.07) is 15.6. The van der Waals surface area contributed by atoms with Gasteiger partial charge in [0.25, 0.3) is 5.91 Å². The minimum absolute atomic E-state index is 0.183. The van der Waals surface area contributed by atoms with Crippen LogP contribution in [0.2, 0.25) is 0 Å². The molecule has 6 nitrogen and oxygen atoms in total. The van der Waals surface area contributed by atoms with Crippen LogP contribution in [0.15, 0.2) is 42.5 Å². The summed E-state index contributed by atoms with van der Waals surface area (Å²) in [5.74, 6) is -0.183. The Balaban J connectivity index is 1.37. The molecule has 28 heavy (non-hydrogen) atoms. The topological polar surface area (TPSA) is 89.8 Å². The molecule has 4 rings (SSSR count). The summed E-state index contributed by atoms with van der Waals surface area (Å²) in [5, 5.41) is 19.3. The molecule has 0 atom stereocenters. The van der Waals surface area contributed by atoms with E-state index in [1.165, 1.54) is 16.9 Å². The molecular formula is C21H21N5OS. The summed E-state index contributed by atoms with van der Waals surface area (Å²) < 4.78 is 0.883. The number of hydrogen-bond donors (Lipinski definition) is 3. The SMILES string of the molecule is N#Cc1ccc2nc(NC(=O)c3ccc(CNC4CCNCC4)cc3)sc2c1. The molecule has 0 bridgehead atoms. The average Bonchev–Trinajstić information content (AvgIpc) is 3.14. The summed E-state index contributed by atoms with van der Waals surface area (Å²) in [4.78, 5) is 16.9. The van der Waals surface area contributed by atoms with Crippen molar-refractivity contribution in [1.29, 1.82) is 5.26 Å². The standard InChI is InChI=1S/C21H21N5OS/c22-12-15-3-6-18-19(11-15)28-21(25-18)26-20(27)16-4-1-14(2-5-16)13-24-17-7-9-23-10-8-17/h1-6,11,17,23-24H,7-10,13H2,(H,25,26,27). The third-order valence-corrected chi connectivity index (χ3v) is 5.82. The lowest BCUT2D eigenvalue weighted by Crippen LogP contribution is -2.39. The molecule has 1 saturated heterocycles. The normalized spacial score (nSPS) is 14.7.